The van der Waals surface area contributed by atoms with E-state index in [1.54, 1.807) is 6.20 Å². The molecular formula is C17H24N4. The SMILES string of the molecule is CC(C)N1CCC[C@H](Cc2ccc(-c3ccn[nH]3)nc2)C1. The van der Waals surface area contributed by atoms with Crippen molar-refractivity contribution < 1.29 is 0 Å². The number of likely N-dealkylation sites (tertiary alicyclic amines) is 1. The van der Waals surface area contributed by atoms with E-state index in [0.717, 1.165) is 23.7 Å². The van der Waals surface area contributed by atoms with Crippen molar-refractivity contribution in [2.75, 3.05) is 13.1 Å². The van der Waals surface area contributed by atoms with Crippen LogP contribution < -0.4 is 0 Å². The fourth-order valence-corrected chi connectivity index (χ4v) is 3.17. The van der Waals surface area contributed by atoms with E-state index in [-0.39, 0.29) is 0 Å². The Kier molecular flexibility index (Phi) is 4.34. The molecule has 0 spiro atoms. The second kappa shape index (κ2) is 6.39. The van der Waals surface area contributed by atoms with Crippen LogP contribution in [0.4, 0.5) is 0 Å². The van der Waals surface area contributed by atoms with Gasteiger partial charge in [0, 0.05) is 25.0 Å². The third-order valence-electron chi connectivity index (χ3n) is 4.41. The summed E-state index contributed by atoms with van der Waals surface area (Å²) in [6.07, 6.45) is 7.57. The van der Waals surface area contributed by atoms with Crippen molar-refractivity contribution in [2.45, 2.75) is 39.2 Å². The minimum absolute atomic E-state index is 0.661. The molecule has 1 atom stereocenters. The Bertz CT molecular complexity index is 545. The molecule has 0 bridgehead atoms. The maximum absolute atomic E-state index is 4.56. The van der Waals surface area contributed by atoms with Gasteiger partial charge < -0.3 is 4.90 Å². The first kappa shape index (κ1) is 14.3. The van der Waals surface area contributed by atoms with Crippen molar-refractivity contribution in [3.05, 3.63) is 36.2 Å². The Hall–Kier alpha value is -1.68. The van der Waals surface area contributed by atoms with Crippen LogP contribution >= 0.6 is 0 Å². The van der Waals surface area contributed by atoms with Gasteiger partial charge in [0.1, 0.15) is 0 Å². The maximum atomic E-state index is 4.56. The van der Waals surface area contributed by atoms with Crippen molar-refractivity contribution in [3.8, 4) is 11.4 Å². The van der Waals surface area contributed by atoms with Crippen LogP contribution in [0.2, 0.25) is 0 Å². The molecule has 0 unspecified atom stereocenters. The number of hydrogen-bond donors (Lipinski definition) is 1. The van der Waals surface area contributed by atoms with E-state index in [9.17, 15) is 0 Å². The summed E-state index contributed by atoms with van der Waals surface area (Å²) in [7, 11) is 0. The van der Waals surface area contributed by atoms with E-state index in [2.05, 4.69) is 46.1 Å². The van der Waals surface area contributed by atoms with E-state index < -0.39 is 0 Å². The molecule has 1 aliphatic rings. The summed E-state index contributed by atoms with van der Waals surface area (Å²) in [6, 6.07) is 6.90. The molecule has 4 heteroatoms. The summed E-state index contributed by atoms with van der Waals surface area (Å²) in [4.78, 5) is 7.15. The lowest BCUT2D eigenvalue weighted by molar-refractivity contribution is 0.139. The number of H-pyrrole nitrogens is 1. The molecule has 1 fully saturated rings. The first-order valence-electron chi connectivity index (χ1n) is 7.91. The number of rotatable bonds is 4. The first-order valence-corrected chi connectivity index (χ1v) is 7.91. The maximum Gasteiger partial charge on any atom is 0.0880 e. The second-order valence-corrected chi connectivity index (χ2v) is 6.32. The van der Waals surface area contributed by atoms with Crippen LogP contribution in [0.5, 0.6) is 0 Å². The molecule has 3 rings (SSSR count). The van der Waals surface area contributed by atoms with Gasteiger partial charge in [-0.2, -0.15) is 5.10 Å². The molecule has 0 saturated carbocycles. The number of pyridine rings is 1. The monoisotopic (exact) mass is 284 g/mol. The van der Waals surface area contributed by atoms with E-state index in [4.69, 9.17) is 0 Å². The van der Waals surface area contributed by atoms with Crippen LogP contribution in [0.15, 0.2) is 30.6 Å². The largest absolute Gasteiger partial charge is 0.301 e. The lowest BCUT2D eigenvalue weighted by Gasteiger charge is -2.35. The van der Waals surface area contributed by atoms with Crippen LogP contribution in [-0.2, 0) is 6.42 Å². The standard InChI is InChI=1S/C17H24N4/c1-13(2)21-9-3-4-15(12-21)10-14-5-6-16(18-11-14)17-7-8-19-20-17/h5-8,11,13,15H,3-4,9-10,12H2,1-2H3,(H,19,20)/t15-/m1/s1. The summed E-state index contributed by atoms with van der Waals surface area (Å²) in [5, 5.41) is 6.92. The Morgan fingerprint density at radius 3 is 2.90 bits per heavy atom. The van der Waals surface area contributed by atoms with E-state index >= 15 is 0 Å². The minimum Gasteiger partial charge on any atom is -0.301 e. The second-order valence-electron chi connectivity index (χ2n) is 6.32. The molecular weight excluding hydrogens is 260 g/mol. The van der Waals surface area contributed by atoms with Gasteiger partial charge in [0.2, 0.25) is 0 Å². The number of nitrogens with one attached hydrogen (secondary N) is 1. The van der Waals surface area contributed by atoms with Crippen LogP contribution in [0.3, 0.4) is 0 Å². The molecule has 0 amide bonds. The molecule has 0 aliphatic carbocycles. The summed E-state index contributed by atoms with van der Waals surface area (Å²) in [6.45, 7) is 7.07. The minimum atomic E-state index is 0.661. The average molecular weight is 284 g/mol. The quantitative estimate of drug-likeness (QED) is 0.938. The molecule has 3 heterocycles. The van der Waals surface area contributed by atoms with Gasteiger partial charge >= 0.3 is 0 Å². The number of hydrogen-bond acceptors (Lipinski definition) is 3. The van der Waals surface area contributed by atoms with Gasteiger partial charge in [-0.05, 0) is 63.3 Å². The Labute approximate surface area is 126 Å². The highest BCUT2D eigenvalue weighted by molar-refractivity contribution is 5.52. The molecule has 1 saturated heterocycles. The summed E-state index contributed by atoms with van der Waals surface area (Å²) in [5.41, 5.74) is 3.28. The molecule has 0 aromatic carbocycles. The number of aromatic amines is 1. The van der Waals surface area contributed by atoms with Crippen LogP contribution in [0, 0.1) is 5.92 Å². The topological polar surface area (TPSA) is 44.8 Å². The number of nitrogens with zero attached hydrogens (tertiary/aromatic N) is 3. The van der Waals surface area contributed by atoms with Crippen LogP contribution in [0.25, 0.3) is 11.4 Å². The van der Waals surface area contributed by atoms with Gasteiger partial charge in [-0.1, -0.05) is 6.07 Å². The molecule has 1 N–H and O–H groups in total. The predicted molar refractivity (Wildman–Crippen MR) is 85.0 cm³/mol. The zero-order chi connectivity index (χ0) is 14.7. The highest BCUT2D eigenvalue weighted by atomic mass is 15.2. The lowest BCUT2D eigenvalue weighted by Crippen LogP contribution is -2.40. The summed E-state index contributed by atoms with van der Waals surface area (Å²) >= 11 is 0. The molecule has 2 aromatic rings. The van der Waals surface area contributed by atoms with Gasteiger partial charge in [0.15, 0.2) is 0 Å². The highest BCUT2D eigenvalue weighted by Crippen LogP contribution is 2.23. The van der Waals surface area contributed by atoms with E-state index in [1.807, 2.05) is 12.3 Å². The lowest BCUT2D eigenvalue weighted by atomic mass is 9.91. The Balaban J connectivity index is 1.62. The summed E-state index contributed by atoms with van der Waals surface area (Å²) < 4.78 is 0. The molecule has 2 aromatic heterocycles. The molecule has 112 valence electrons. The first-order chi connectivity index (χ1) is 10.2. The van der Waals surface area contributed by atoms with Crippen molar-refractivity contribution in [1.29, 1.82) is 0 Å². The van der Waals surface area contributed by atoms with Crippen LogP contribution in [-0.4, -0.2) is 39.2 Å². The fraction of sp³-hybridized carbons (Fsp3) is 0.529. The molecule has 4 nitrogen and oxygen atoms in total. The smallest absolute Gasteiger partial charge is 0.0880 e. The van der Waals surface area contributed by atoms with Gasteiger partial charge in [-0.15, -0.1) is 0 Å². The third-order valence-corrected chi connectivity index (χ3v) is 4.41. The van der Waals surface area contributed by atoms with Gasteiger partial charge in [0.25, 0.3) is 0 Å². The van der Waals surface area contributed by atoms with Gasteiger partial charge in [0.05, 0.1) is 11.4 Å². The van der Waals surface area contributed by atoms with Gasteiger partial charge in [-0.3, -0.25) is 10.1 Å². The van der Waals surface area contributed by atoms with E-state index in [1.165, 1.54) is 31.5 Å². The van der Waals surface area contributed by atoms with Crippen molar-refractivity contribution in [3.63, 3.8) is 0 Å². The third kappa shape index (κ3) is 3.50. The van der Waals surface area contributed by atoms with Crippen molar-refractivity contribution in [2.24, 2.45) is 5.92 Å². The Morgan fingerprint density at radius 2 is 2.24 bits per heavy atom. The fourth-order valence-electron chi connectivity index (χ4n) is 3.17. The van der Waals surface area contributed by atoms with Crippen molar-refractivity contribution in [1.82, 2.24) is 20.1 Å². The molecule has 1 aliphatic heterocycles. The zero-order valence-corrected chi connectivity index (χ0v) is 12.9. The zero-order valence-electron chi connectivity index (χ0n) is 12.9. The molecule has 0 radical (unpaired) electrons. The number of piperidine rings is 1. The average Bonchev–Trinajstić information content (AvgIpc) is 3.02. The highest BCUT2D eigenvalue weighted by Gasteiger charge is 2.21. The van der Waals surface area contributed by atoms with Crippen LogP contribution in [0.1, 0.15) is 32.3 Å². The number of aromatic nitrogens is 3. The van der Waals surface area contributed by atoms with Crippen molar-refractivity contribution >= 4 is 0 Å². The molecule has 21 heavy (non-hydrogen) atoms. The summed E-state index contributed by atoms with van der Waals surface area (Å²) in [5.74, 6) is 0.765. The normalized spacial score (nSPS) is 20.0. The van der Waals surface area contributed by atoms with E-state index in [0.29, 0.717) is 6.04 Å². The predicted octanol–water partition coefficient (Wildman–Crippen LogP) is 3.13. The van der Waals surface area contributed by atoms with Gasteiger partial charge in [-0.25, -0.2) is 0 Å². The Morgan fingerprint density at radius 1 is 1.33 bits per heavy atom.